The molecule has 2 rings (SSSR count). The van der Waals surface area contributed by atoms with Crippen LogP contribution in [0.2, 0.25) is 0 Å². The number of nitrogens with one attached hydrogen (secondary N) is 1. The van der Waals surface area contributed by atoms with Gasteiger partial charge in [0.25, 0.3) is 0 Å². The highest BCUT2D eigenvalue weighted by atomic mass is 16.5. The highest BCUT2D eigenvalue weighted by Crippen LogP contribution is 2.19. The van der Waals surface area contributed by atoms with E-state index < -0.39 is 0 Å². The standard InChI is InChI=1S/C13H19NO2/c1-15-13-7-3-2-5-11(13)10-16-12-6-4-8-14-9-12/h2-3,5,7,12,14H,4,6,8-10H2,1H3/t12-/m0/s1. The summed E-state index contributed by atoms with van der Waals surface area (Å²) in [6.45, 7) is 2.72. The molecule has 1 fully saturated rings. The number of methoxy groups -OCH3 is 1. The number of ether oxygens (including phenoxy) is 2. The Morgan fingerprint density at radius 3 is 3.00 bits per heavy atom. The van der Waals surface area contributed by atoms with Crippen LogP contribution in [0.4, 0.5) is 0 Å². The van der Waals surface area contributed by atoms with Crippen LogP contribution < -0.4 is 10.1 Å². The van der Waals surface area contributed by atoms with Crippen molar-refractivity contribution in [3.05, 3.63) is 29.8 Å². The second-order valence-electron chi connectivity index (χ2n) is 4.09. The van der Waals surface area contributed by atoms with E-state index in [1.807, 2.05) is 18.2 Å². The summed E-state index contributed by atoms with van der Waals surface area (Å²) < 4.78 is 11.2. The molecule has 1 saturated heterocycles. The molecule has 1 atom stereocenters. The first kappa shape index (κ1) is 11.4. The molecular formula is C13H19NO2. The topological polar surface area (TPSA) is 30.5 Å². The number of rotatable bonds is 4. The van der Waals surface area contributed by atoms with Crippen LogP contribution in [0.15, 0.2) is 24.3 Å². The number of benzene rings is 1. The Hall–Kier alpha value is -1.06. The number of hydrogen-bond donors (Lipinski definition) is 1. The molecule has 88 valence electrons. The van der Waals surface area contributed by atoms with Gasteiger partial charge in [0.1, 0.15) is 5.75 Å². The van der Waals surface area contributed by atoms with Gasteiger partial charge in [0, 0.05) is 12.1 Å². The lowest BCUT2D eigenvalue weighted by Crippen LogP contribution is -2.35. The fraction of sp³-hybridized carbons (Fsp3) is 0.538. The average molecular weight is 221 g/mol. The lowest BCUT2D eigenvalue weighted by molar-refractivity contribution is 0.0244. The molecule has 0 spiro atoms. The predicted molar refractivity (Wildman–Crippen MR) is 63.7 cm³/mol. The van der Waals surface area contributed by atoms with Gasteiger partial charge >= 0.3 is 0 Å². The normalized spacial score (nSPS) is 20.7. The summed E-state index contributed by atoms with van der Waals surface area (Å²) in [6, 6.07) is 8.01. The van der Waals surface area contributed by atoms with Gasteiger partial charge in [-0.15, -0.1) is 0 Å². The maximum absolute atomic E-state index is 5.87. The minimum atomic E-state index is 0.346. The monoisotopic (exact) mass is 221 g/mol. The second-order valence-corrected chi connectivity index (χ2v) is 4.09. The van der Waals surface area contributed by atoms with Crippen LogP contribution in [0.5, 0.6) is 5.75 Å². The minimum absolute atomic E-state index is 0.346. The van der Waals surface area contributed by atoms with Gasteiger partial charge in [-0.3, -0.25) is 0 Å². The molecule has 3 nitrogen and oxygen atoms in total. The van der Waals surface area contributed by atoms with Crippen LogP contribution in [-0.2, 0) is 11.3 Å². The highest BCUT2D eigenvalue weighted by molar-refractivity contribution is 5.32. The molecule has 3 heteroatoms. The maximum atomic E-state index is 5.87. The molecule has 1 heterocycles. The van der Waals surface area contributed by atoms with Gasteiger partial charge in [0.2, 0.25) is 0 Å². The Labute approximate surface area is 96.8 Å². The minimum Gasteiger partial charge on any atom is -0.496 e. The van der Waals surface area contributed by atoms with E-state index in [1.54, 1.807) is 7.11 Å². The maximum Gasteiger partial charge on any atom is 0.124 e. The second kappa shape index (κ2) is 5.87. The summed E-state index contributed by atoms with van der Waals surface area (Å²) in [4.78, 5) is 0. The van der Waals surface area contributed by atoms with Crippen molar-refractivity contribution in [3.63, 3.8) is 0 Å². The predicted octanol–water partition coefficient (Wildman–Crippen LogP) is 1.96. The van der Waals surface area contributed by atoms with Gasteiger partial charge < -0.3 is 14.8 Å². The molecule has 16 heavy (non-hydrogen) atoms. The third kappa shape index (κ3) is 2.97. The fourth-order valence-electron chi connectivity index (χ4n) is 1.99. The number of hydrogen-bond acceptors (Lipinski definition) is 3. The van der Waals surface area contributed by atoms with E-state index in [2.05, 4.69) is 11.4 Å². The molecular weight excluding hydrogens is 202 g/mol. The number of para-hydroxylation sites is 1. The molecule has 0 aromatic heterocycles. The molecule has 1 aliphatic rings. The third-order valence-electron chi connectivity index (χ3n) is 2.92. The van der Waals surface area contributed by atoms with E-state index >= 15 is 0 Å². The Balaban J connectivity index is 1.88. The largest absolute Gasteiger partial charge is 0.496 e. The quantitative estimate of drug-likeness (QED) is 0.843. The van der Waals surface area contributed by atoms with E-state index in [4.69, 9.17) is 9.47 Å². The van der Waals surface area contributed by atoms with Crippen LogP contribution in [0, 0.1) is 0 Å². The zero-order valence-corrected chi connectivity index (χ0v) is 9.74. The molecule has 1 N–H and O–H groups in total. The van der Waals surface area contributed by atoms with Crippen molar-refractivity contribution in [2.45, 2.75) is 25.6 Å². The van der Waals surface area contributed by atoms with E-state index in [9.17, 15) is 0 Å². The van der Waals surface area contributed by atoms with Crippen LogP contribution in [-0.4, -0.2) is 26.3 Å². The van der Waals surface area contributed by atoms with E-state index in [0.717, 1.165) is 30.8 Å². The zero-order chi connectivity index (χ0) is 11.2. The smallest absolute Gasteiger partial charge is 0.124 e. The van der Waals surface area contributed by atoms with E-state index in [0.29, 0.717) is 12.7 Å². The van der Waals surface area contributed by atoms with E-state index in [1.165, 1.54) is 6.42 Å². The summed E-state index contributed by atoms with van der Waals surface area (Å²) in [6.07, 6.45) is 2.71. The molecule has 0 amide bonds. The highest BCUT2D eigenvalue weighted by Gasteiger charge is 2.13. The van der Waals surface area contributed by atoms with Crippen molar-refractivity contribution < 1.29 is 9.47 Å². The summed E-state index contributed by atoms with van der Waals surface area (Å²) in [5.74, 6) is 0.909. The van der Waals surface area contributed by atoms with Gasteiger partial charge in [-0.05, 0) is 25.5 Å². The van der Waals surface area contributed by atoms with Gasteiger partial charge in [0.15, 0.2) is 0 Å². The molecule has 1 aromatic rings. The first-order valence-corrected chi connectivity index (χ1v) is 5.84. The van der Waals surface area contributed by atoms with Gasteiger partial charge in [-0.1, -0.05) is 18.2 Å². The summed E-state index contributed by atoms with van der Waals surface area (Å²) >= 11 is 0. The van der Waals surface area contributed by atoms with Gasteiger partial charge in [-0.2, -0.15) is 0 Å². The van der Waals surface area contributed by atoms with Gasteiger partial charge in [0.05, 0.1) is 19.8 Å². The summed E-state index contributed by atoms with van der Waals surface area (Å²) in [5, 5.41) is 3.34. The van der Waals surface area contributed by atoms with Crippen molar-refractivity contribution in [2.24, 2.45) is 0 Å². The Kier molecular flexibility index (Phi) is 4.19. The number of piperidine rings is 1. The molecule has 0 aliphatic carbocycles. The summed E-state index contributed by atoms with van der Waals surface area (Å²) in [5.41, 5.74) is 1.12. The van der Waals surface area contributed by atoms with Crippen molar-refractivity contribution in [1.82, 2.24) is 5.32 Å². The van der Waals surface area contributed by atoms with Crippen molar-refractivity contribution in [1.29, 1.82) is 0 Å². The van der Waals surface area contributed by atoms with Crippen molar-refractivity contribution in [2.75, 3.05) is 20.2 Å². The van der Waals surface area contributed by atoms with E-state index in [-0.39, 0.29) is 0 Å². The molecule has 1 aliphatic heterocycles. The first-order valence-electron chi connectivity index (χ1n) is 5.84. The van der Waals surface area contributed by atoms with Crippen LogP contribution in [0.25, 0.3) is 0 Å². The zero-order valence-electron chi connectivity index (χ0n) is 9.74. The SMILES string of the molecule is COc1ccccc1CO[C@H]1CCCNC1. The molecule has 1 aromatic carbocycles. The molecule has 0 unspecified atom stereocenters. The fourth-order valence-corrected chi connectivity index (χ4v) is 1.99. The van der Waals surface area contributed by atoms with Crippen LogP contribution in [0.3, 0.4) is 0 Å². The van der Waals surface area contributed by atoms with Gasteiger partial charge in [-0.25, -0.2) is 0 Å². The lowest BCUT2D eigenvalue weighted by Gasteiger charge is -2.23. The first-order chi connectivity index (χ1) is 7.90. The summed E-state index contributed by atoms with van der Waals surface area (Å²) in [7, 11) is 1.70. The van der Waals surface area contributed by atoms with Crippen molar-refractivity contribution >= 4 is 0 Å². The third-order valence-corrected chi connectivity index (χ3v) is 2.92. The van der Waals surface area contributed by atoms with Crippen molar-refractivity contribution in [3.8, 4) is 5.75 Å². The average Bonchev–Trinajstić information content (AvgIpc) is 2.38. The van der Waals surface area contributed by atoms with Crippen LogP contribution in [0.1, 0.15) is 18.4 Å². The Bertz CT molecular complexity index is 321. The lowest BCUT2D eigenvalue weighted by atomic mass is 10.1. The molecule has 0 bridgehead atoms. The molecule has 0 radical (unpaired) electrons. The Morgan fingerprint density at radius 2 is 2.25 bits per heavy atom. The Morgan fingerprint density at radius 1 is 1.38 bits per heavy atom. The van der Waals surface area contributed by atoms with Crippen LogP contribution >= 0.6 is 0 Å². The molecule has 0 saturated carbocycles.